The Balaban J connectivity index is 2.17. The van der Waals surface area contributed by atoms with Crippen molar-refractivity contribution in [3.8, 4) is 0 Å². The van der Waals surface area contributed by atoms with Gasteiger partial charge in [-0.05, 0) is 6.92 Å². The van der Waals surface area contributed by atoms with Crippen LogP contribution < -0.4 is 5.73 Å². The highest BCUT2D eigenvalue weighted by molar-refractivity contribution is 8.23. The zero-order valence-electron chi connectivity index (χ0n) is 11.6. The van der Waals surface area contributed by atoms with Crippen LogP contribution in [-0.4, -0.2) is 56.6 Å². The van der Waals surface area contributed by atoms with E-state index in [1.165, 1.54) is 34.8 Å². The number of carboxylic acids is 1. The van der Waals surface area contributed by atoms with Crippen LogP contribution in [0.5, 0.6) is 0 Å². The SMILES string of the molecule is C[C@H](CN=CN)SC1=C(C(=O)O)N2C(=O)[C@H]([C@@H](C)O)[C@H]2S1. The molecule has 0 aromatic carbocycles. The van der Waals surface area contributed by atoms with Crippen LogP contribution in [0.25, 0.3) is 0 Å². The van der Waals surface area contributed by atoms with Crippen molar-refractivity contribution in [2.45, 2.75) is 30.6 Å². The Hall–Kier alpha value is -1.19. The number of aliphatic hydroxyl groups is 1. The molecule has 2 aliphatic heterocycles. The molecule has 0 aromatic heterocycles. The number of carbonyl (C=O) groups excluding carboxylic acids is 1. The van der Waals surface area contributed by atoms with Crippen LogP contribution >= 0.6 is 23.5 Å². The van der Waals surface area contributed by atoms with Gasteiger partial charge in [0.2, 0.25) is 5.91 Å². The van der Waals surface area contributed by atoms with E-state index in [9.17, 15) is 19.8 Å². The summed E-state index contributed by atoms with van der Waals surface area (Å²) in [6.07, 6.45) is 0.427. The summed E-state index contributed by atoms with van der Waals surface area (Å²) >= 11 is 2.69. The Morgan fingerprint density at radius 2 is 2.29 bits per heavy atom. The van der Waals surface area contributed by atoms with Crippen LogP contribution in [0.1, 0.15) is 13.8 Å². The molecular formula is C12H17N3O4S2. The molecule has 2 heterocycles. The molecule has 2 rings (SSSR count). The maximum absolute atomic E-state index is 12.0. The van der Waals surface area contributed by atoms with E-state index in [-0.39, 0.29) is 22.2 Å². The molecular weight excluding hydrogens is 314 g/mol. The molecule has 0 bridgehead atoms. The minimum atomic E-state index is -1.13. The van der Waals surface area contributed by atoms with Crippen molar-refractivity contribution in [2.75, 3.05) is 6.54 Å². The normalized spacial score (nSPS) is 27.8. The number of thioether (sulfide) groups is 2. The zero-order valence-corrected chi connectivity index (χ0v) is 13.2. The molecule has 21 heavy (non-hydrogen) atoms. The molecule has 4 N–H and O–H groups in total. The lowest BCUT2D eigenvalue weighted by molar-refractivity contribution is -0.156. The number of aliphatic hydroxyl groups excluding tert-OH is 1. The van der Waals surface area contributed by atoms with Gasteiger partial charge in [-0.15, -0.1) is 11.8 Å². The molecule has 0 saturated carbocycles. The summed E-state index contributed by atoms with van der Waals surface area (Å²) in [5, 5.41) is 18.7. The van der Waals surface area contributed by atoms with E-state index in [1.807, 2.05) is 6.92 Å². The molecule has 1 amide bonds. The van der Waals surface area contributed by atoms with Crippen LogP contribution in [0.4, 0.5) is 0 Å². The fourth-order valence-corrected chi connectivity index (χ4v) is 5.42. The Bertz CT molecular complexity index is 521. The van der Waals surface area contributed by atoms with Crippen LogP contribution in [0, 0.1) is 5.92 Å². The Morgan fingerprint density at radius 3 is 2.81 bits per heavy atom. The van der Waals surface area contributed by atoms with Crippen LogP contribution in [-0.2, 0) is 9.59 Å². The quantitative estimate of drug-likeness (QED) is 0.363. The van der Waals surface area contributed by atoms with Gasteiger partial charge in [0.15, 0.2) is 5.70 Å². The second-order valence-electron chi connectivity index (χ2n) is 4.87. The number of rotatable bonds is 6. The number of fused-ring (bicyclic) bond motifs is 1. The number of β-lactam (4-membered cyclic amide) rings is 1. The summed E-state index contributed by atoms with van der Waals surface area (Å²) in [5.41, 5.74) is 5.21. The van der Waals surface area contributed by atoms with Crippen molar-refractivity contribution in [1.82, 2.24) is 4.90 Å². The zero-order chi connectivity index (χ0) is 15.7. The average molecular weight is 331 g/mol. The maximum Gasteiger partial charge on any atom is 0.354 e. The Kier molecular flexibility index (Phi) is 4.84. The summed E-state index contributed by atoms with van der Waals surface area (Å²) in [5.74, 6) is -2.00. The first-order valence-corrected chi connectivity index (χ1v) is 8.16. The predicted octanol–water partition coefficient (Wildman–Crippen LogP) is 0.261. The molecule has 0 radical (unpaired) electrons. The third-order valence-corrected chi connectivity index (χ3v) is 5.93. The van der Waals surface area contributed by atoms with Gasteiger partial charge in [0.05, 0.1) is 29.1 Å². The van der Waals surface area contributed by atoms with Gasteiger partial charge in [0.25, 0.3) is 0 Å². The second kappa shape index (κ2) is 6.29. The van der Waals surface area contributed by atoms with E-state index >= 15 is 0 Å². The van der Waals surface area contributed by atoms with Gasteiger partial charge in [-0.2, -0.15) is 0 Å². The highest BCUT2D eigenvalue weighted by Gasteiger charge is 2.57. The molecule has 4 atom stereocenters. The molecule has 2 aliphatic rings. The minimum absolute atomic E-state index is 0.0143. The molecule has 116 valence electrons. The number of carboxylic acid groups (broad SMARTS) is 1. The second-order valence-corrected chi connectivity index (χ2v) is 7.70. The smallest absolute Gasteiger partial charge is 0.354 e. The van der Waals surface area contributed by atoms with Gasteiger partial charge < -0.3 is 15.9 Å². The highest BCUT2D eigenvalue weighted by Crippen LogP contribution is 2.54. The summed E-state index contributed by atoms with van der Waals surface area (Å²) in [6.45, 7) is 3.93. The highest BCUT2D eigenvalue weighted by atomic mass is 32.2. The molecule has 1 fully saturated rings. The number of aliphatic carboxylic acids is 1. The monoisotopic (exact) mass is 331 g/mol. The molecule has 0 aromatic rings. The largest absolute Gasteiger partial charge is 0.477 e. The van der Waals surface area contributed by atoms with Gasteiger partial charge in [-0.25, -0.2) is 4.79 Å². The van der Waals surface area contributed by atoms with E-state index in [1.54, 1.807) is 6.92 Å². The van der Waals surface area contributed by atoms with Crippen LogP contribution in [0.15, 0.2) is 14.9 Å². The van der Waals surface area contributed by atoms with E-state index in [4.69, 9.17) is 5.73 Å². The van der Waals surface area contributed by atoms with Crippen LogP contribution in [0.3, 0.4) is 0 Å². The number of carbonyl (C=O) groups is 2. The number of hydrogen-bond donors (Lipinski definition) is 3. The topological polar surface area (TPSA) is 116 Å². The van der Waals surface area contributed by atoms with Crippen molar-refractivity contribution in [3.05, 3.63) is 9.93 Å². The third-order valence-electron chi connectivity index (χ3n) is 3.24. The predicted molar refractivity (Wildman–Crippen MR) is 82.7 cm³/mol. The van der Waals surface area contributed by atoms with Gasteiger partial charge in [-0.1, -0.05) is 18.7 Å². The van der Waals surface area contributed by atoms with Crippen molar-refractivity contribution >= 4 is 41.7 Å². The fraction of sp³-hybridized carbons (Fsp3) is 0.583. The van der Waals surface area contributed by atoms with Crippen LogP contribution in [0.2, 0.25) is 0 Å². The van der Waals surface area contributed by atoms with E-state index < -0.39 is 18.0 Å². The standard InChI is InChI=1S/C12H17N3O4S2/c1-5(3-14-4-13)20-12-8(11(18)19)15-9(17)7(6(2)16)10(15)21-12/h4-7,10,16H,3H2,1-2H3,(H2,13,14)(H,18,19)/t5-,6-,7+,10-/m1/s1. The van der Waals surface area contributed by atoms with Crippen molar-refractivity contribution < 1.29 is 19.8 Å². The summed E-state index contributed by atoms with van der Waals surface area (Å²) in [4.78, 5) is 28.6. The Morgan fingerprint density at radius 1 is 1.62 bits per heavy atom. The van der Waals surface area contributed by atoms with E-state index in [2.05, 4.69) is 4.99 Å². The fourth-order valence-electron chi connectivity index (χ4n) is 2.26. The number of nitrogens with zero attached hydrogens (tertiary/aromatic N) is 2. The van der Waals surface area contributed by atoms with Crippen molar-refractivity contribution in [3.63, 3.8) is 0 Å². The lowest BCUT2D eigenvalue weighted by Crippen LogP contribution is -2.60. The molecule has 1 saturated heterocycles. The summed E-state index contributed by atoms with van der Waals surface area (Å²) < 4.78 is 0.587. The number of nitrogens with two attached hydrogens (primary N) is 1. The Labute approximate surface area is 130 Å². The first kappa shape index (κ1) is 16.2. The number of hydrogen-bond acceptors (Lipinski definition) is 6. The molecule has 0 spiro atoms. The average Bonchev–Trinajstić information content (AvgIpc) is 2.70. The number of amides is 1. The molecule has 9 heteroatoms. The summed E-state index contributed by atoms with van der Waals surface area (Å²) in [6, 6.07) is 0. The van der Waals surface area contributed by atoms with Gasteiger partial charge in [-0.3, -0.25) is 14.7 Å². The molecule has 0 aliphatic carbocycles. The third kappa shape index (κ3) is 2.90. The van der Waals surface area contributed by atoms with Gasteiger partial charge in [0.1, 0.15) is 5.37 Å². The first-order valence-electron chi connectivity index (χ1n) is 6.40. The van der Waals surface area contributed by atoms with E-state index in [0.717, 1.165) is 0 Å². The number of aliphatic imine (C=N–C) groups is 1. The first-order chi connectivity index (χ1) is 9.88. The molecule has 7 nitrogen and oxygen atoms in total. The lowest BCUT2D eigenvalue weighted by atomic mass is 9.92. The maximum atomic E-state index is 12.0. The summed E-state index contributed by atoms with van der Waals surface area (Å²) in [7, 11) is 0. The van der Waals surface area contributed by atoms with Gasteiger partial charge in [0, 0.05) is 5.25 Å². The lowest BCUT2D eigenvalue weighted by Gasteiger charge is -2.43. The van der Waals surface area contributed by atoms with E-state index in [0.29, 0.717) is 10.8 Å². The molecule has 0 unspecified atom stereocenters. The van der Waals surface area contributed by atoms with Crippen molar-refractivity contribution in [1.29, 1.82) is 0 Å². The van der Waals surface area contributed by atoms with Gasteiger partial charge >= 0.3 is 5.97 Å². The van der Waals surface area contributed by atoms with Crippen molar-refractivity contribution in [2.24, 2.45) is 16.6 Å². The minimum Gasteiger partial charge on any atom is -0.477 e.